The van der Waals surface area contributed by atoms with Gasteiger partial charge in [0, 0.05) is 39.4 Å². The maximum atomic E-state index is 11.8. The molecule has 5 rings (SSSR count). The van der Waals surface area contributed by atoms with Crippen LogP contribution in [0.4, 0.5) is 16.4 Å². The fourth-order valence-corrected chi connectivity index (χ4v) is 3.59. The summed E-state index contributed by atoms with van der Waals surface area (Å²) in [7, 11) is 2.05. The molecule has 0 saturated carbocycles. The first-order valence-electron chi connectivity index (χ1n) is 8.46. The molecule has 1 N–H and O–H groups in total. The molecule has 2 fully saturated rings. The molecule has 8 heteroatoms. The SMILES string of the molecule is Cn1c(N2CC(n3cc(N4CCNC4=O)cn3)C2)nc2ccccc21. The van der Waals surface area contributed by atoms with Gasteiger partial charge < -0.3 is 14.8 Å². The quantitative estimate of drug-likeness (QED) is 0.783. The first kappa shape index (κ1) is 14.3. The number of hydrogen-bond acceptors (Lipinski definition) is 4. The molecule has 0 aliphatic carbocycles. The molecule has 2 saturated heterocycles. The second kappa shape index (κ2) is 5.23. The van der Waals surface area contributed by atoms with Crippen molar-refractivity contribution in [1.82, 2.24) is 24.6 Å². The van der Waals surface area contributed by atoms with E-state index in [9.17, 15) is 4.79 Å². The first-order valence-corrected chi connectivity index (χ1v) is 8.46. The van der Waals surface area contributed by atoms with E-state index in [1.807, 2.05) is 29.1 Å². The Bertz CT molecular complexity index is 953. The standard InChI is InChI=1S/C17H19N7O/c1-21-15-5-3-2-4-14(15)20-16(21)22-9-13(10-22)24-11-12(8-19-24)23-7-6-18-17(23)25/h2-5,8,11,13H,6-7,9-10H2,1H3,(H,18,25). The lowest BCUT2D eigenvalue weighted by atomic mass is 10.1. The summed E-state index contributed by atoms with van der Waals surface area (Å²) in [5, 5.41) is 7.26. The molecular formula is C17H19N7O. The van der Waals surface area contributed by atoms with Gasteiger partial charge in [-0.1, -0.05) is 12.1 Å². The molecule has 2 aliphatic heterocycles. The highest BCUT2D eigenvalue weighted by molar-refractivity contribution is 5.93. The van der Waals surface area contributed by atoms with Gasteiger partial charge in [-0.2, -0.15) is 5.10 Å². The number of aryl methyl sites for hydroxylation is 1. The Balaban J connectivity index is 1.32. The molecule has 8 nitrogen and oxygen atoms in total. The molecule has 0 radical (unpaired) electrons. The van der Waals surface area contributed by atoms with E-state index in [0.29, 0.717) is 19.1 Å². The number of amides is 2. The Kier molecular flexibility index (Phi) is 3.00. The normalized spacial score (nSPS) is 18.0. The number of carbonyl (C=O) groups excluding carboxylic acids is 1. The number of imidazole rings is 1. The van der Waals surface area contributed by atoms with E-state index >= 15 is 0 Å². The molecule has 1 aromatic carbocycles. The fraction of sp³-hybridized carbons (Fsp3) is 0.353. The maximum Gasteiger partial charge on any atom is 0.322 e. The van der Waals surface area contributed by atoms with E-state index in [0.717, 1.165) is 35.8 Å². The van der Waals surface area contributed by atoms with Crippen LogP contribution in [0.3, 0.4) is 0 Å². The van der Waals surface area contributed by atoms with E-state index < -0.39 is 0 Å². The van der Waals surface area contributed by atoms with E-state index in [4.69, 9.17) is 4.98 Å². The molecule has 0 atom stereocenters. The lowest BCUT2D eigenvalue weighted by Crippen LogP contribution is -2.49. The van der Waals surface area contributed by atoms with Gasteiger partial charge in [0.25, 0.3) is 0 Å². The topological polar surface area (TPSA) is 71.2 Å². The van der Waals surface area contributed by atoms with Crippen LogP contribution in [0, 0.1) is 0 Å². The number of rotatable bonds is 3. The van der Waals surface area contributed by atoms with Crippen LogP contribution in [0.5, 0.6) is 0 Å². The third-order valence-corrected chi connectivity index (χ3v) is 5.04. The van der Waals surface area contributed by atoms with E-state index in [-0.39, 0.29) is 6.03 Å². The van der Waals surface area contributed by atoms with Gasteiger partial charge in [-0.05, 0) is 12.1 Å². The molecule has 0 spiro atoms. The monoisotopic (exact) mass is 337 g/mol. The van der Waals surface area contributed by atoms with Crippen LogP contribution >= 0.6 is 0 Å². The Labute approximate surface area is 144 Å². The van der Waals surface area contributed by atoms with Crippen molar-refractivity contribution in [2.24, 2.45) is 7.05 Å². The average Bonchev–Trinajstić information content (AvgIpc) is 3.27. The summed E-state index contributed by atoms with van der Waals surface area (Å²) in [6.45, 7) is 3.12. The van der Waals surface area contributed by atoms with Gasteiger partial charge in [0.2, 0.25) is 5.95 Å². The molecule has 0 bridgehead atoms. The minimum atomic E-state index is -0.0468. The van der Waals surface area contributed by atoms with Gasteiger partial charge >= 0.3 is 6.03 Å². The van der Waals surface area contributed by atoms with Gasteiger partial charge in [-0.3, -0.25) is 9.58 Å². The van der Waals surface area contributed by atoms with Crippen LogP contribution in [-0.2, 0) is 7.05 Å². The van der Waals surface area contributed by atoms with Gasteiger partial charge in [0.15, 0.2) is 0 Å². The highest BCUT2D eigenvalue weighted by Gasteiger charge is 2.32. The molecule has 128 valence electrons. The van der Waals surface area contributed by atoms with Crippen LogP contribution in [0.1, 0.15) is 6.04 Å². The summed E-state index contributed by atoms with van der Waals surface area (Å²) < 4.78 is 4.09. The van der Waals surface area contributed by atoms with E-state index in [2.05, 4.69) is 33.0 Å². The van der Waals surface area contributed by atoms with Crippen molar-refractivity contribution in [2.45, 2.75) is 6.04 Å². The third-order valence-electron chi connectivity index (χ3n) is 5.04. The molecule has 0 unspecified atom stereocenters. The van der Waals surface area contributed by atoms with Gasteiger partial charge in [0.1, 0.15) is 0 Å². The Hall–Kier alpha value is -3.03. The van der Waals surface area contributed by atoms with Crippen molar-refractivity contribution in [2.75, 3.05) is 36.0 Å². The predicted molar refractivity (Wildman–Crippen MR) is 94.9 cm³/mol. The Morgan fingerprint density at radius 2 is 2.08 bits per heavy atom. The summed E-state index contributed by atoms with van der Waals surface area (Å²) >= 11 is 0. The molecule has 3 aromatic rings. The van der Waals surface area contributed by atoms with Crippen molar-refractivity contribution in [3.63, 3.8) is 0 Å². The molecule has 2 aliphatic rings. The number of nitrogens with zero attached hydrogens (tertiary/aromatic N) is 6. The van der Waals surface area contributed by atoms with Crippen LogP contribution in [0.25, 0.3) is 11.0 Å². The van der Waals surface area contributed by atoms with Crippen molar-refractivity contribution >= 4 is 28.7 Å². The fourth-order valence-electron chi connectivity index (χ4n) is 3.59. The van der Waals surface area contributed by atoms with E-state index in [1.165, 1.54) is 0 Å². The molecule has 25 heavy (non-hydrogen) atoms. The Morgan fingerprint density at radius 3 is 2.84 bits per heavy atom. The summed E-state index contributed by atoms with van der Waals surface area (Å²) in [5.41, 5.74) is 3.02. The molecule has 2 amide bonds. The van der Waals surface area contributed by atoms with E-state index in [1.54, 1.807) is 11.1 Å². The number of anilines is 2. The lowest BCUT2D eigenvalue weighted by Gasteiger charge is -2.39. The summed E-state index contributed by atoms with van der Waals surface area (Å²) in [6, 6.07) is 8.43. The number of hydrogen-bond donors (Lipinski definition) is 1. The minimum absolute atomic E-state index is 0.0468. The minimum Gasteiger partial charge on any atom is -0.338 e. The number of aromatic nitrogens is 4. The van der Waals surface area contributed by atoms with Gasteiger partial charge in [-0.25, -0.2) is 9.78 Å². The number of benzene rings is 1. The summed E-state index contributed by atoms with van der Waals surface area (Å²) in [5.74, 6) is 0.990. The van der Waals surface area contributed by atoms with Crippen LogP contribution < -0.4 is 15.1 Å². The van der Waals surface area contributed by atoms with Crippen molar-refractivity contribution < 1.29 is 4.79 Å². The van der Waals surface area contributed by atoms with Crippen LogP contribution in [0.15, 0.2) is 36.7 Å². The van der Waals surface area contributed by atoms with Crippen molar-refractivity contribution in [3.05, 3.63) is 36.7 Å². The van der Waals surface area contributed by atoms with Crippen molar-refractivity contribution in [1.29, 1.82) is 0 Å². The largest absolute Gasteiger partial charge is 0.338 e. The van der Waals surface area contributed by atoms with Crippen molar-refractivity contribution in [3.8, 4) is 0 Å². The van der Waals surface area contributed by atoms with Crippen LogP contribution in [-0.4, -0.2) is 51.5 Å². The Morgan fingerprint density at radius 1 is 1.24 bits per heavy atom. The number of para-hydroxylation sites is 2. The maximum absolute atomic E-state index is 11.8. The zero-order valence-corrected chi connectivity index (χ0v) is 14.0. The number of carbonyl (C=O) groups is 1. The zero-order chi connectivity index (χ0) is 17.0. The molecular weight excluding hydrogens is 318 g/mol. The highest BCUT2D eigenvalue weighted by atomic mass is 16.2. The van der Waals surface area contributed by atoms with Gasteiger partial charge in [0.05, 0.1) is 29.0 Å². The molecule has 4 heterocycles. The second-order valence-electron chi connectivity index (χ2n) is 6.58. The predicted octanol–water partition coefficient (Wildman–Crippen LogP) is 1.36. The average molecular weight is 337 g/mol. The van der Waals surface area contributed by atoms with Crippen LogP contribution in [0.2, 0.25) is 0 Å². The summed E-state index contributed by atoms with van der Waals surface area (Å²) in [6.07, 6.45) is 3.73. The van der Waals surface area contributed by atoms with Gasteiger partial charge in [-0.15, -0.1) is 0 Å². The number of nitrogens with one attached hydrogen (secondary N) is 1. The summed E-state index contributed by atoms with van der Waals surface area (Å²) in [4.78, 5) is 20.5. The smallest absolute Gasteiger partial charge is 0.322 e. The lowest BCUT2D eigenvalue weighted by molar-refractivity contribution is 0.252. The first-order chi connectivity index (χ1) is 12.2. The highest BCUT2D eigenvalue weighted by Crippen LogP contribution is 2.30. The number of fused-ring (bicyclic) bond motifs is 1. The second-order valence-corrected chi connectivity index (χ2v) is 6.58. The molecule has 2 aromatic heterocycles. The zero-order valence-electron chi connectivity index (χ0n) is 14.0. The third kappa shape index (κ3) is 2.17. The number of urea groups is 1.